The molecule has 0 spiro atoms. The number of amides is 1. The van der Waals surface area contributed by atoms with E-state index in [-0.39, 0.29) is 11.9 Å². The molecule has 2 aromatic rings. The third-order valence-electron chi connectivity index (χ3n) is 4.10. The molecule has 1 heterocycles. The summed E-state index contributed by atoms with van der Waals surface area (Å²) >= 11 is 0. The molecule has 2 N–H and O–H groups in total. The quantitative estimate of drug-likeness (QED) is 0.842. The van der Waals surface area contributed by atoms with Gasteiger partial charge in [0.25, 0.3) is 0 Å². The fraction of sp³-hybridized carbons (Fsp3) is 0.250. The Morgan fingerprint density at radius 1 is 1.04 bits per heavy atom. The second kappa shape index (κ2) is 7.25. The van der Waals surface area contributed by atoms with Crippen molar-refractivity contribution in [1.82, 2.24) is 5.32 Å². The average Bonchev–Trinajstić information content (AvgIpc) is 3.10. The molecule has 2 aromatic carbocycles. The maximum atomic E-state index is 12.1. The van der Waals surface area contributed by atoms with E-state index in [9.17, 15) is 4.79 Å². The summed E-state index contributed by atoms with van der Waals surface area (Å²) in [6.45, 7) is 3.02. The monoisotopic (exact) mass is 306 g/mol. The Labute approximate surface area is 137 Å². The van der Waals surface area contributed by atoms with Crippen molar-refractivity contribution < 1.29 is 4.79 Å². The Morgan fingerprint density at radius 2 is 1.65 bits per heavy atom. The van der Waals surface area contributed by atoms with Crippen LogP contribution in [0.25, 0.3) is 12.2 Å². The Hall–Kier alpha value is -2.39. The van der Waals surface area contributed by atoms with Crippen LogP contribution in [0, 0.1) is 6.92 Å². The number of hydrogen-bond acceptors (Lipinski definition) is 2. The molecule has 118 valence electrons. The highest BCUT2D eigenvalue weighted by atomic mass is 16.2. The molecule has 0 radical (unpaired) electrons. The van der Waals surface area contributed by atoms with E-state index in [1.54, 1.807) is 0 Å². The lowest BCUT2D eigenvalue weighted by Crippen LogP contribution is -2.35. The Morgan fingerprint density at radius 3 is 2.22 bits per heavy atom. The number of carbonyl (C=O) groups excluding carboxylic acids is 1. The summed E-state index contributed by atoms with van der Waals surface area (Å²) in [6.07, 6.45) is 6.16. The molecule has 0 aliphatic carbocycles. The van der Waals surface area contributed by atoms with E-state index in [2.05, 4.69) is 54.0 Å². The highest BCUT2D eigenvalue weighted by Gasteiger charge is 2.21. The molecule has 1 aliphatic rings. The van der Waals surface area contributed by atoms with Gasteiger partial charge >= 0.3 is 0 Å². The first-order valence-corrected chi connectivity index (χ1v) is 8.10. The predicted octanol–water partition coefficient (Wildman–Crippen LogP) is 3.86. The lowest BCUT2D eigenvalue weighted by molar-refractivity contribution is -0.117. The molecule has 1 saturated heterocycles. The molecule has 3 nitrogen and oxygen atoms in total. The molecule has 1 amide bonds. The molecular weight excluding hydrogens is 284 g/mol. The molecule has 1 aliphatic heterocycles. The van der Waals surface area contributed by atoms with E-state index in [0.29, 0.717) is 0 Å². The van der Waals surface area contributed by atoms with Gasteiger partial charge in [0, 0.05) is 5.69 Å². The molecule has 1 unspecified atom stereocenters. The van der Waals surface area contributed by atoms with Gasteiger partial charge in [-0.3, -0.25) is 4.79 Å². The largest absolute Gasteiger partial charge is 0.325 e. The Balaban J connectivity index is 1.60. The fourth-order valence-electron chi connectivity index (χ4n) is 2.69. The lowest BCUT2D eigenvalue weighted by atomic mass is 10.1. The van der Waals surface area contributed by atoms with Gasteiger partial charge in [-0.05, 0) is 49.6 Å². The zero-order chi connectivity index (χ0) is 16.1. The molecule has 3 heteroatoms. The summed E-state index contributed by atoms with van der Waals surface area (Å²) < 4.78 is 0. The molecule has 0 bridgehead atoms. The third-order valence-corrected chi connectivity index (χ3v) is 4.10. The predicted molar refractivity (Wildman–Crippen MR) is 96.2 cm³/mol. The second-order valence-electron chi connectivity index (χ2n) is 6.00. The number of carbonyl (C=O) groups is 1. The van der Waals surface area contributed by atoms with Crippen molar-refractivity contribution >= 4 is 23.7 Å². The minimum Gasteiger partial charge on any atom is -0.325 e. The zero-order valence-electron chi connectivity index (χ0n) is 13.4. The van der Waals surface area contributed by atoms with Crippen molar-refractivity contribution in [3.63, 3.8) is 0 Å². The van der Waals surface area contributed by atoms with Crippen LogP contribution in [-0.4, -0.2) is 18.5 Å². The normalized spacial score (nSPS) is 17.5. The lowest BCUT2D eigenvalue weighted by Gasteiger charge is -2.11. The zero-order valence-corrected chi connectivity index (χ0v) is 13.4. The molecule has 23 heavy (non-hydrogen) atoms. The van der Waals surface area contributed by atoms with Crippen LogP contribution in [0.5, 0.6) is 0 Å². The first-order chi connectivity index (χ1) is 11.2. The van der Waals surface area contributed by atoms with Gasteiger partial charge in [0.2, 0.25) is 5.91 Å². The van der Waals surface area contributed by atoms with Gasteiger partial charge in [0.15, 0.2) is 0 Å². The van der Waals surface area contributed by atoms with Crippen LogP contribution in [0.15, 0.2) is 48.5 Å². The van der Waals surface area contributed by atoms with Crippen LogP contribution in [0.1, 0.15) is 29.5 Å². The average molecular weight is 306 g/mol. The van der Waals surface area contributed by atoms with Crippen LogP contribution in [0.2, 0.25) is 0 Å². The Bertz CT molecular complexity index is 681. The van der Waals surface area contributed by atoms with Crippen LogP contribution >= 0.6 is 0 Å². The number of hydrogen-bond donors (Lipinski definition) is 2. The summed E-state index contributed by atoms with van der Waals surface area (Å²) in [4.78, 5) is 12.1. The minimum absolute atomic E-state index is 0.0453. The van der Waals surface area contributed by atoms with Crippen LogP contribution in [-0.2, 0) is 4.79 Å². The number of anilines is 1. The van der Waals surface area contributed by atoms with Gasteiger partial charge in [-0.25, -0.2) is 0 Å². The van der Waals surface area contributed by atoms with Gasteiger partial charge in [-0.2, -0.15) is 0 Å². The SMILES string of the molecule is Cc1ccc(/C=C/c2ccc(NC(=O)C3CCCN3)cc2)cc1. The summed E-state index contributed by atoms with van der Waals surface area (Å²) in [5, 5.41) is 6.17. The third kappa shape index (κ3) is 4.30. The van der Waals surface area contributed by atoms with Crippen molar-refractivity contribution in [3.05, 3.63) is 65.2 Å². The van der Waals surface area contributed by atoms with E-state index >= 15 is 0 Å². The Kier molecular flexibility index (Phi) is 4.89. The molecular formula is C20H22N2O. The smallest absolute Gasteiger partial charge is 0.241 e. The van der Waals surface area contributed by atoms with Gasteiger partial charge < -0.3 is 10.6 Å². The number of benzene rings is 2. The molecule has 3 rings (SSSR count). The van der Waals surface area contributed by atoms with Crippen LogP contribution in [0.3, 0.4) is 0 Å². The first kappa shape index (κ1) is 15.5. The maximum Gasteiger partial charge on any atom is 0.241 e. The van der Waals surface area contributed by atoms with E-state index in [0.717, 1.165) is 30.6 Å². The first-order valence-electron chi connectivity index (χ1n) is 8.10. The van der Waals surface area contributed by atoms with E-state index < -0.39 is 0 Å². The van der Waals surface area contributed by atoms with Crippen molar-refractivity contribution in [1.29, 1.82) is 0 Å². The van der Waals surface area contributed by atoms with Crippen molar-refractivity contribution in [3.8, 4) is 0 Å². The van der Waals surface area contributed by atoms with Crippen molar-refractivity contribution in [2.75, 3.05) is 11.9 Å². The molecule has 1 fully saturated rings. The van der Waals surface area contributed by atoms with E-state index in [1.165, 1.54) is 11.1 Å². The van der Waals surface area contributed by atoms with Crippen LogP contribution < -0.4 is 10.6 Å². The van der Waals surface area contributed by atoms with Gasteiger partial charge in [0.1, 0.15) is 0 Å². The molecule has 0 saturated carbocycles. The van der Waals surface area contributed by atoms with Crippen molar-refractivity contribution in [2.24, 2.45) is 0 Å². The maximum absolute atomic E-state index is 12.1. The summed E-state index contributed by atoms with van der Waals surface area (Å²) in [7, 11) is 0. The van der Waals surface area contributed by atoms with Crippen LogP contribution in [0.4, 0.5) is 5.69 Å². The van der Waals surface area contributed by atoms with Gasteiger partial charge in [-0.1, -0.05) is 54.1 Å². The highest BCUT2D eigenvalue weighted by Crippen LogP contribution is 2.15. The number of nitrogens with one attached hydrogen (secondary N) is 2. The summed E-state index contributed by atoms with van der Waals surface area (Å²) in [5.41, 5.74) is 4.40. The molecule has 0 aromatic heterocycles. The van der Waals surface area contributed by atoms with Gasteiger partial charge in [0.05, 0.1) is 6.04 Å². The summed E-state index contributed by atoms with van der Waals surface area (Å²) in [5.74, 6) is 0.0606. The summed E-state index contributed by atoms with van der Waals surface area (Å²) in [6, 6.07) is 16.3. The van der Waals surface area contributed by atoms with Crippen molar-refractivity contribution in [2.45, 2.75) is 25.8 Å². The molecule has 1 atom stereocenters. The minimum atomic E-state index is -0.0453. The number of rotatable bonds is 4. The fourth-order valence-corrected chi connectivity index (χ4v) is 2.69. The second-order valence-corrected chi connectivity index (χ2v) is 6.00. The number of aryl methyl sites for hydroxylation is 1. The van der Waals surface area contributed by atoms with E-state index in [1.807, 2.05) is 24.3 Å². The van der Waals surface area contributed by atoms with E-state index in [4.69, 9.17) is 0 Å². The standard InChI is InChI=1S/C20H22N2O/c1-15-4-6-16(7-5-15)8-9-17-10-12-18(13-11-17)22-20(23)19-3-2-14-21-19/h4-13,19,21H,2-3,14H2,1H3,(H,22,23)/b9-8+. The highest BCUT2D eigenvalue weighted by molar-refractivity contribution is 5.95. The van der Waals surface area contributed by atoms with Gasteiger partial charge in [-0.15, -0.1) is 0 Å². The topological polar surface area (TPSA) is 41.1 Å².